The predicted octanol–water partition coefficient (Wildman–Crippen LogP) is 2.44. The maximum absolute atomic E-state index is 11.4. The number of ether oxygens (including phenoxy) is 1. The molecule has 0 aromatic heterocycles. The Kier molecular flexibility index (Phi) is 12.0. The fraction of sp³-hybridized carbons (Fsp3) is 0.588. The molecular weight excluding hydrogens is 453 g/mol. The molecule has 0 amide bonds. The highest BCUT2D eigenvalue weighted by molar-refractivity contribution is 14.0. The highest BCUT2D eigenvalue weighted by atomic mass is 127. The van der Waals surface area contributed by atoms with Crippen molar-refractivity contribution >= 4 is 39.8 Å². The summed E-state index contributed by atoms with van der Waals surface area (Å²) in [5.74, 6) is 1.34. The molecule has 8 heteroatoms. The van der Waals surface area contributed by atoms with Crippen LogP contribution in [0.25, 0.3) is 0 Å². The summed E-state index contributed by atoms with van der Waals surface area (Å²) in [6, 6.07) is 6.83. The van der Waals surface area contributed by atoms with E-state index >= 15 is 0 Å². The summed E-state index contributed by atoms with van der Waals surface area (Å²) in [6.45, 7) is 7.02. The molecule has 0 radical (unpaired) electrons. The van der Waals surface area contributed by atoms with E-state index in [2.05, 4.69) is 29.5 Å². The van der Waals surface area contributed by atoms with Gasteiger partial charge >= 0.3 is 0 Å². The number of benzene rings is 1. The van der Waals surface area contributed by atoms with Gasteiger partial charge in [0.25, 0.3) is 0 Å². The molecular formula is C17H30IN3O3S. The van der Waals surface area contributed by atoms with E-state index in [4.69, 9.17) is 4.74 Å². The maximum Gasteiger partial charge on any atom is 0.191 e. The first kappa shape index (κ1) is 24.1. The van der Waals surface area contributed by atoms with E-state index in [0.29, 0.717) is 36.5 Å². The number of nitrogens with one attached hydrogen (secondary N) is 2. The van der Waals surface area contributed by atoms with Gasteiger partial charge in [-0.2, -0.15) is 0 Å². The topological polar surface area (TPSA) is 79.8 Å². The summed E-state index contributed by atoms with van der Waals surface area (Å²) in [6.07, 6.45) is 2.27. The Morgan fingerprint density at radius 3 is 2.32 bits per heavy atom. The molecule has 0 bridgehead atoms. The van der Waals surface area contributed by atoms with Gasteiger partial charge in [0.2, 0.25) is 0 Å². The number of hydrogen-bond donors (Lipinski definition) is 2. The monoisotopic (exact) mass is 483 g/mol. The average molecular weight is 483 g/mol. The summed E-state index contributed by atoms with van der Waals surface area (Å²) in [7, 11) is -1.44. The van der Waals surface area contributed by atoms with Crippen LogP contribution >= 0.6 is 24.0 Å². The van der Waals surface area contributed by atoms with E-state index in [-0.39, 0.29) is 24.0 Å². The number of guanidine groups is 1. The minimum atomic E-state index is -3.15. The second-order valence-corrected chi connectivity index (χ2v) is 8.08. The summed E-state index contributed by atoms with van der Waals surface area (Å²) < 4.78 is 28.4. The van der Waals surface area contributed by atoms with E-state index in [0.717, 1.165) is 18.6 Å². The number of nitrogens with zero attached hydrogens (tertiary/aromatic N) is 1. The first-order chi connectivity index (χ1) is 11.3. The van der Waals surface area contributed by atoms with Gasteiger partial charge in [0, 0.05) is 33.0 Å². The summed E-state index contributed by atoms with van der Waals surface area (Å²) in [4.78, 5) is 4.48. The zero-order valence-electron chi connectivity index (χ0n) is 15.4. The zero-order chi connectivity index (χ0) is 18.0. The predicted molar refractivity (Wildman–Crippen MR) is 113 cm³/mol. The fourth-order valence-corrected chi connectivity index (χ4v) is 2.55. The SMILES string of the molecule is CN=C(NCCOCCC(C)C)NCc1ccc(S(C)(=O)=O)cc1.I. The molecule has 2 N–H and O–H groups in total. The van der Waals surface area contributed by atoms with Crippen molar-refractivity contribution in [3.63, 3.8) is 0 Å². The van der Waals surface area contributed by atoms with Crippen LogP contribution in [0.3, 0.4) is 0 Å². The number of halogens is 1. The van der Waals surface area contributed by atoms with Crippen LogP contribution in [0, 0.1) is 5.92 Å². The third-order valence-electron chi connectivity index (χ3n) is 3.41. The summed E-state index contributed by atoms with van der Waals surface area (Å²) in [5, 5.41) is 6.37. The zero-order valence-corrected chi connectivity index (χ0v) is 18.6. The molecule has 6 nitrogen and oxygen atoms in total. The van der Waals surface area contributed by atoms with Crippen molar-refractivity contribution in [2.24, 2.45) is 10.9 Å². The third-order valence-corrected chi connectivity index (χ3v) is 4.54. The molecule has 0 aliphatic heterocycles. The van der Waals surface area contributed by atoms with Crippen molar-refractivity contribution in [3.8, 4) is 0 Å². The average Bonchev–Trinajstić information content (AvgIpc) is 2.52. The molecule has 0 saturated carbocycles. The van der Waals surface area contributed by atoms with Crippen LogP contribution in [-0.4, -0.2) is 47.4 Å². The highest BCUT2D eigenvalue weighted by Gasteiger charge is 2.06. The molecule has 0 atom stereocenters. The van der Waals surface area contributed by atoms with E-state index in [1.54, 1.807) is 31.3 Å². The van der Waals surface area contributed by atoms with Crippen LogP contribution in [0.4, 0.5) is 0 Å². The van der Waals surface area contributed by atoms with Gasteiger partial charge in [0.1, 0.15) is 0 Å². The molecule has 0 fully saturated rings. The number of rotatable bonds is 9. The molecule has 0 unspecified atom stereocenters. The molecule has 1 rings (SSSR count). The normalized spacial score (nSPS) is 12.0. The van der Waals surface area contributed by atoms with Crippen LogP contribution in [0.15, 0.2) is 34.2 Å². The minimum Gasteiger partial charge on any atom is -0.380 e. The van der Waals surface area contributed by atoms with Crippen molar-refractivity contribution in [1.82, 2.24) is 10.6 Å². The number of hydrogen-bond acceptors (Lipinski definition) is 4. The van der Waals surface area contributed by atoms with Gasteiger partial charge in [0.15, 0.2) is 15.8 Å². The largest absolute Gasteiger partial charge is 0.380 e. The van der Waals surface area contributed by atoms with Crippen molar-refractivity contribution < 1.29 is 13.2 Å². The van der Waals surface area contributed by atoms with Gasteiger partial charge in [-0.05, 0) is 30.0 Å². The van der Waals surface area contributed by atoms with E-state index < -0.39 is 9.84 Å². The third kappa shape index (κ3) is 10.7. The smallest absolute Gasteiger partial charge is 0.191 e. The Balaban J connectivity index is 0.00000576. The van der Waals surface area contributed by atoms with Crippen molar-refractivity contribution in [2.75, 3.05) is 33.1 Å². The van der Waals surface area contributed by atoms with Crippen LogP contribution in [0.2, 0.25) is 0 Å². The molecule has 1 aromatic rings. The molecule has 144 valence electrons. The molecule has 1 aromatic carbocycles. The van der Waals surface area contributed by atoms with Crippen LogP contribution in [0.5, 0.6) is 0 Å². The van der Waals surface area contributed by atoms with E-state index in [9.17, 15) is 8.42 Å². The highest BCUT2D eigenvalue weighted by Crippen LogP contribution is 2.10. The fourth-order valence-electron chi connectivity index (χ4n) is 1.92. The molecule has 0 spiro atoms. The van der Waals surface area contributed by atoms with Gasteiger partial charge in [0.05, 0.1) is 11.5 Å². The van der Waals surface area contributed by atoms with Gasteiger partial charge < -0.3 is 15.4 Å². The quantitative estimate of drug-likeness (QED) is 0.244. The standard InChI is InChI=1S/C17H29N3O3S.HI/c1-14(2)9-11-23-12-10-19-17(18-3)20-13-15-5-7-16(8-6-15)24(4,21)22;/h5-8,14H,9-13H2,1-4H3,(H2,18,19,20);1H. The molecule has 25 heavy (non-hydrogen) atoms. The first-order valence-corrected chi connectivity index (χ1v) is 10.0. The molecule has 0 heterocycles. The summed E-state index contributed by atoms with van der Waals surface area (Å²) >= 11 is 0. The Hall–Kier alpha value is -0.870. The second kappa shape index (κ2) is 12.5. The molecule has 0 aliphatic carbocycles. The Labute approximate surface area is 168 Å². The minimum absolute atomic E-state index is 0. The van der Waals surface area contributed by atoms with Crippen molar-refractivity contribution in [3.05, 3.63) is 29.8 Å². The van der Waals surface area contributed by atoms with Crippen LogP contribution in [0.1, 0.15) is 25.8 Å². The lowest BCUT2D eigenvalue weighted by atomic mass is 10.1. The van der Waals surface area contributed by atoms with Crippen LogP contribution < -0.4 is 10.6 Å². The molecule has 0 saturated heterocycles. The van der Waals surface area contributed by atoms with Crippen LogP contribution in [-0.2, 0) is 21.1 Å². The molecule has 0 aliphatic rings. The second-order valence-electron chi connectivity index (χ2n) is 6.06. The number of sulfone groups is 1. The summed E-state index contributed by atoms with van der Waals surface area (Å²) in [5.41, 5.74) is 0.985. The maximum atomic E-state index is 11.4. The lowest BCUT2D eigenvalue weighted by molar-refractivity contribution is 0.128. The first-order valence-electron chi connectivity index (χ1n) is 8.14. The number of aliphatic imine (C=N–C) groups is 1. The van der Waals surface area contributed by atoms with E-state index in [1.165, 1.54) is 6.26 Å². The van der Waals surface area contributed by atoms with Gasteiger partial charge in [-0.15, -0.1) is 24.0 Å². The van der Waals surface area contributed by atoms with Crippen molar-refractivity contribution in [1.29, 1.82) is 0 Å². The van der Waals surface area contributed by atoms with Gasteiger partial charge in [-0.3, -0.25) is 4.99 Å². The van der Waals surface area contributed by atoms with E-state index in [1.807, 2.05) is 0 Å². The lowest BCUT2D eigenvalue weighted by Gasteiger charge is -2.12. The van der Waals surface area contributed by atoms with Gasteiger partial charge in [-0.1, -0.05) is 26.0 Å². The lowest BCUT2D eigenvalue weighted by Crippen LogP contribution is -2.38. The Bertz CT molecular complexity index is 617. The van der Waals surface area contributed by atoms with Gasteiger partial charge in [-0.25, -0.2) is 8.42 Å². The Morgan fingerprint density at radius 1 is 1.16 bits per heavy atom. The van der Waals surface area contributed by atoms with Crippen molar-refractivity contribution in [2.45, 2.75) is 31.7 Å². The Morgan fingerprint density at radius 2 is 1.80 bits per heavy atom.